The summed E-state index contributed by atoms with van der Waals surface area (Å²) in [7, 11) is 0. The van der Waals surface area contributed by atoms with E-state index in [1.54, 1.807) is 19.9 Å². The lowest BCUT2D eigenvalue weighted by Crippen LogP contribution is -2.34. The minimum atomic E-state index is -4.45. The third-order valence-electron chi connectivity index (χ3n) is 3.78. The van der Waals surface area contributed by atoms with E-state index >= 15 is 0 Å². The molecule has 1 heterocycles. The Kier molecular flexibility index (Phi) is 6.07. The van der Waals surface area contributed by atoms with Gasteiger partial charge in [-0.05, 0) is 51.7 Å². The largest absolute Gasteiger partial charge is 0.408 e. The summed E-state index contributed by atoms with van der Waals surface area (Å²) in [5.41, 5.74) is -0.403. The second-order valence-corrected chi connectivity index (χ2v) is 7.03. The third kappa shape index (κ3) is 6.10. The molecule has 1 aliphatic carbocycles. The van der Waals surface area contributed by atoms with Crippen LogP contribution in [0.2, 0.25) is 0 Å². The number of alkyl halides is 3. The lowest BCUT2D eigenvalue weighted by atomic mass is 9.97. The maximum atomic E-state index is 12.8. The van der Waals surface area contributed by atoms with Crippen molar-refractivity contribution in [3.05, 3.63) is 11.9 Å². The molecule has 10 heteroatoms. The molecule has 0 aromatic carbocycles. The van der Waals surface area contributed by atoms with E-state index in [1.165, 1.54) is 0 Å². The van der Waals surface area contributed by atoms with Gasteiger partial charge in [-0.1, -0.05) is 0 Å². The van der Waals surface area contributed by atoms with Crippen LogP contribution < -0.4 is 10.6 Å². The Labute approximate surface area is 149 Å². The normalized spacial score (nSPS) is 19.7. The number of anilines is 2. The number of aliphatic hydroxyl groups excluding tert-OH is 1. The number of hydrogen-bond donors (Lipinski definition) is 4. The maximum Gasteiger partial charge on any atom is 0.408 e. The van der Waals surface area contributed by atoms with E-state index in [0.29, 0.717) is 18.4 Å². The molecule has 0 saturated heterocycles. The molecule has 1 aliphatic rings. The average molecular weight is 375 g/mol. The summed E-state index contributed by atoms with van der Waals surface area (Å²) >= 11 is 0. The van der Waals surface area contributed by atoms with E-state index in [0.717, 1.165) is 13.3 Å². The summed E-state index contributed by atoms with van der Waals surface area (Å²) in [5, 5.41) is 24.6. The van der Waals surface area contributed by atoms with Crippen molar-refractivity contribution < 1.29 is 23.4 Å². The molecule has 26 heavy (non-hydrogen) atoms. The number of hydrogen-bond acceptors (Lipinski definition) is 7. The molecule has 0 aliphatic heterocycles. The monoisotopic (exact) mass is 375 g/mol. The molecule has 2 unspecified atom stereocenters. The summed E-state index contributed by atoms with van der Waals surface area (Å²) in [5.74, 6) is 0.0304. The Morgan fingerprint density at radius 1 is 1.23 bits per heavy atom. The van der Waals surface area contributed by atoms with Gasteiger partial charge in [-0.15, -0.1) is 0 Å². The quantitative estimate of drug-likeness (QED) is 0.605. The van der Waals surface area contributed by atoms with Gasteiger partial charge in [-0.3, -0.25) is 0 Å². The second-order valence-electron chi connectivity index (χ2n) is 7.03. The molecule has 7 nitrogen and oxygen atoms in total. The van der Waals surface area contributed by atoms with Crippen molar-refractivity contribution in [2.24, 2.45) is 0 Å². The van der Waals surface area contributed by atoms with Crippen molar-refractivity contribution in [2.45, 2.75) is 64.0 Å². The number of rotatable bonds is 6. The van der Waals surface area contributed by atoms with Crippen LogP contribution in [0.3, 0.4) is 0 Å². The Morgan fingerprint density at radius 2 is 1.88 bits per heavy atom. The number of allylic oxidation sites excluding steroid dienone is 1. The van der Waals surface area contributed by atoms with Crippen LogP contribution in [0, 0.1) is 0 Å². The fourth-order valence-corrected chi connectivity index (χ4v) is 2.32. The zero-order valence-electron chi connectivity index (χ0n) is 14.9. The first-order valence-corrected chi connectivity index (χ1v) is 8.39. The Morgan fingerprint density at radius 3 is 2.46 bits per heavy atom. The maximum absolute atomic E-state index is 12.8. The lowest BCUT2D eigenvalue weighted by Gasteiger charge is -2.21. The van der Waals surface area contributed by atoms with E-state index in [4.69, 9.17) is 0 Å². The fraction of sp³-hybridized carbons (Fsp3) is 0.688. The predicted molar refractivity (Wildman–Crippen MR) is 91.6 cm³/mol. The van der Waals surface area contributed by atoms with E-state index in [9.17, 15) is 23.4 Å². The van der Waals surface area contributed by atoms with Gasteiger partial charge >= 0.3 is 6.18 Å². The Hall–Kier alpha value is -1.94. The molecule has 2 atom stereocenters. The van der Waals surface area contributed by atoms with Crippen LogP contribution in [0.5, 0.6) is 0 Å². The van der Waals surface area contributed by atoms with Crippen LogP contribution >= 0.6 is 0 Å². The summed E-state index contributed by atoms with van der Waals surface area (Å²) in [6.45, 7) is 4.23. The molecule has 0 spiro atoms. The fourth-order valence-electron chi connectivity index (χ4n) is 2.32. The van der Waals surface area contributed by atoms with Gasteiger partial charge < -0.3 is 20.8 Å². The molecule has 1 aromatic rings. The molecule has 146 valence electrons. The van der Waals surface area contributed by atoms with Crippen LogP contribution in [0.25, 0.3) is 5.57 Å². The SMILES string of the molecule is CC(Nc1nc(NCC(C)(C)O)nc(C2=CC(O)CCC2)n1)C(F)(F)F. The van der Waals surface area contributed by atoms with Gasteiger partial charge in [0.15, 0.2) is 5.82 Å². The van der Waals surface area contributed by atoms with Crippen LogP contribution in [0.1, 0.15) is 45.9 Å². The van der Waals surface area contributed by atoms with Crippen LogP contribution in [0.4, 0.5) is 25.1 Å². The Bertz CT molecular complexity index is 658. The van der Waals surface area contributed by atoms with Gasteiger partial charge in [0.2, 0.25) is 11.9 Å². The van der Waals surface area contributed by atoms with Gasteiger partial charge in [0.1, 0.15) is 6.04 Å². The highest BCUT2D eigenvalue weighted by atomic mass is 19.4. The first-order valence-electron chi connectivity index (χ1n) is 8.39. The molecule has 2 rings (SSSR count). The number of aromatic nitrogens is 3. The molecule has 0 radical (unpaired) electrons. The van der Waals surface area contributed by atoms with E-state index in [2.05, 4.69) is 25.6 Å². The third-order valence-corrected chi connectivity index (χ3v) is 3.78. The molecule has 4 N–H and O–H groups in total. The molecular formula is C16H24F3N5O2. The molecular weight excluding hydrogens is 351 g/mol. The van der Waals surface area contributed by atoms with Crippen molar-refractivity contribution >= 4 is 17.5 Å². The number of halogens is 3. The summed E-state index contributed by atoms with van der Waals surface area (Å²) < 4.78 is 38.5. The number of aliphatic hydroxyl groups is 2. The van der Waals surface area contributed by atoms with Gasteiger partial charge in [0, 0.05) is 6.54 Å². The van der Waals surface area contributed by atoms with E-state index in [-0.39, 0.29) is 24.3 Å². The van der Waals surface area contributed by atoms with Crippen molar-refractivity contribution in [1.29, 1.82) is 0 Å². The topological polar surface area (TPSA) is 103 Å². The molecule has 0 amide bonds. The highest BCUT2D eigenvalue weighted by molar-refractivity contribution is 5.63. The lowest BCUT2D eigenvalue weighted by molar-refractivity contribution is -0.138. The molecule has 0 bridgehead atoms. The van der Waals surface area contributed by atoms with Crippen LogP contribution in [-0.4, -0.2) is 55.6 Å². The van der Waals surface area contributed by atoms with Crippen molar-refractivity contribution in [3.8, 4) is 0 Å². The molecule has 0 saturated carbocycles. The van der Waals surface area contributed by atoms with E-state index < -0.39 is 23.9 Å². The summed E-state index contributed by atoms with van der Waals surface area (Å²) in [6, 6.07) is -1.84. The van der Waals surface area contributed by atoms with Gasteiger partial charge in [0.25, 0.3) is 0 Å². The van der Waals surface area contributed by atoms with Crippen LogP contribution in [-0.2, 0) is 0 Å². The zero-order chi connectivity index (χ0) is 19.5. The van der Waals surface area contributed by atoms with Crippen LogP contribution in [0.15, 0.2) is 6.08 Å². The standard InChI is InChI=1S/C16H24F3N5O2/c1-9(16(17,18)19)21-14-23-12(10-5-4-6-11(25)7-10)22-13(24-14)20-8-15(2,3)26/h7,9,11,25-26H,4-6,8H2,1-3H3,(H2,20,21,22,23,24). The molecule has 1 aromatic heterocycles. The minimum absolute atomic E-state index is 0.0509. The average Bonchev–Trinajstić information content (AvgIpc) is 2.51. The van der Waals surface area contributed by atoms with Gasteiger partial charge in [-0.25, -0.2) is 0 Å². The highest BCUT2D eigenvalue weighted by Crippen LogP contribution is 2.27. The molecule has 0 fully saturated rings. The van der Waals surface area contributed by atoms with Crippen molar-refractivity contribution in [3.63, 3.8) is 0 Å². The smallest absolute Gasteiger partial charge is 0.389 e. The Balaban J connectivity index is 2.32. The predicted octanol–water partition coefficient (Wildman–Crippen LogP) is 2.35. The number of nitrogens with one attached hydrogen (secondary N) is 2. The first kappa shape index (κ1) is 20.4. The zero-order valence-corrected chi connectivity index (χ0v) is 14.9. The van der Waals surface area contributed by atoms with Crippen molar-refractivity contribution in [2.75, 3.05) is 17.2 Å². The van der Waals surface area contributed by atoms with Gasteiger partial charge in [-0.2, -0.15) is 28.1 Å². The van der Waals surface area contributed by atoms with E-state index in [1.807, 2.05) is 0 Å². The minimum Gasteiger partial charge on any atom is -0.389 e. The summed E-state index contributed by atoms with van der Waals surface area (Å²) in [6.07, 6.45) is -1.51. The highest BCUT2D eigenvalue weighted by Gasteiger charge is 2.36. The van der Waals surface area contributed by atoms with Crippen molar-refractivity contribution in [1.82, 2.24) is 15.0 Å². The summed E-state index contributed by atoms with van der Waals surface area (Å²) in [4.78, 5) is 12.3. The number of nitrogens with zero attached hydrogens (tertiary/aromatic N) is 3. The first-order chi connectivity index (χ1) is 11.9. The second kappa shape index (κ2) is 7.75. The van der Waals surface area contributed by atoms with Gasteiger partial charge in [0.05, 0.1) is 11.7 Å².